The van der Waals surface area contributed by atoms with Crippen molar-refractivity contribution in [1.29, 1.82) is 0 Å². The summed E-state index contributed by atoms with van der Waals surface area (Å²) in [6.45, 7) is 2.99. The van der Waals surface area contributed by atoms with Gasteiger partial charge < -0.3 is 10.2 Å². The topological polar surface area (TPSA) is 33.6 Å². The number of ether oxygens (including phenoxy) is 1. The average Bonchev–Trinajstić information content (AvgIpc) is 2.64. The Bertz CT molecular complexity index is 404. The SMILES string of the molecule is COc1c(Cl)cccc1C1=NNCC1C. The first kappa shape index (κ1) is 10.3. The summed E-state index contributed by atoms with van der Waals surface area (Å²) in [4.78, 5) is 0. The van der Waals surface area contributed by atoms with Gasteiger partial charge in [-0.3, -0.25) is 0 Å². The minimum absolute atomic E-state index is 0.386. The fourth-order valence-electron chi connectivity index (χ4n) is 1.72. The van der Waals surface area contributed by atoms with Crippen molar-refractivity contribution in [3.05, 3.63) is 28.8 Å². The zero-order valence-corrected chi connectivity index (χ0v) is 9.51. The highest BCUT2D eigenvalue weighted by Gasteiger charge is 2.22. The molecule has 0 bridgehead atoms. The van der Waals surface area contributed by atoms with Crippen LogP contribution in [-0.4, -0.2) is 19.4 Å². The van der Waals surface area contributed by atoms with Gasteiger partial charge in [0.25, 0.3) is 0 Å². The van der Waals surface area contributed by atoms with Crippen LogP contribution in [0, 0.1) is 5.92 Å². The number of nitrogens with zero attached hydrogens (tertiary/aromatic N) is 1. The van der Waals surface area contributed by atoms with Gasteiger partial charge in [-0.1, -0.05) is 24.6 Å². The van der Waals surface area contributed by atoms with Crippen LogP contribution in [-0.2, 0) is 0 Å². The second-order valence-corrected chi connectivity index (χ2v) is 3.99. The minimum Gasteiger partial charge on any atom is -0.494 e. The van der Waals surface area contributed by atoms with Crippen molar-refractivity contribution < 1.29 is 4.74 Å². The summed E-state index contributed by atoms with van der Waals surface area (Å²) in [5.41, 5.74) is 4.96. The van der Waals surface area contributed by atoms with Crippen molar-refractivity contribution in [2.24, 2.45) is 11.0 Å². The molecule has 1 N–H and O–H groups in total. The predicted molar refractivity (Wildman–Crippen MR) is 61.7 cm³/mol. The molecule has 0 aromatic heterocycles. The lowest BCUT2D eigenvalue weighted by molar-refractivity contribution is 0.414. The third kappa shape index (κ3) is 1.79. The molecule has 0 spiro atoms. The number of nitrogens with one attached hydrogen (secondary N) is 1. The molecule has 1 heterocycles. The van der Waals surface area contributed by atoms with E-state index in [1.807, 2.05) is 18.2 Å². The van der Waals surface area contributed by atoms with Crippen molar-refractivity contribution in [2.45, 2.75) is 6.92 Å². The number of methoxy groups -OCH3 is 1. The smallest absolute Gasteiger partial charge is 0.146 e. The van der Waals surface area contributed by atoms with Crippen molar-refractivity contribution in [1.82, 2.24) is 5.43 Å². The first-order valence-electron chi connectivity index (χ1n) is 4.87. The molecule has 1 unspecified atom stereocenters. The van der Waals surface area contributed by atoms with Crippen LogP contribution in [0.4, 0.5) is 0 Å². The van der Waals surface area contributed by atoms with Crippen LogP contribution in [0.15, 0.2) is 23.3 Å². The van der Waals surface area contributed by atoms with Crippen molar-refractivity contribution in [2.75, 3.05) is 13.7 Å². The molecule has 2 rings (SSSR count). The van der Waals surface area contributed by atoms with Crippen molar-refractivity contribution in [3.8, 4) is 5.75 Å². The molecule has 15 heavy (non-hydrogen) atoms. The van der Waals surface area contributed by atoms with E-state index < -0.39 is 0 Å². The molecular formula is C11H13ClN2O. The second kappa shape index (κ2) is 4.11. The van der Waals surface area contributed by atoms with E-state index in [0.717, 1.165) is 17.8 Å². The lowest BCUT2D eigenvalue weighted by Gasteiger charge is -2.11. The van der Waals surface area contributed by atoms with Gasteiger partial charge in [0.05, 0.1) is 17.8 Å². The molecule has 4 heteroatoms. The second-order valence-electron chi connectivity index (χ2n) is 3.58. The van der Waals surface area contributed by atoms with Crippen molar-refractivity contribution >= 4 is 17.3 Å². The average molecular weight is 225 g/mol. The van der Waals surface area contributed by atoms with Gasteiger partial charge in [0, 0.05) is 18.0 Å². The van der Waals surface area contributed by atoms with Crippen LogP contribution in [0.25, 0.3) is 0 Å². The van der Waals surface area contributed by atoms with E-state index in [2.05, 4.69) is 17.5 Å². The fraction of sp³-hybridized carbons (Fsp3) is 0.364. The minimum atomic E-state index is 0.386. The number of hydrogen-bond acceptors (Lipinski definition) is 3. The molecule has 0 fully saturated rings. The molecule has 1 aliphatic heterocycles. The maximum Gasteiger partial charge on any atom is 0.146 e. The molecule has 1 aromatic carbocycles. The lowest BCUT2D eigenvalue weighted by Crippen LogP contribution is -2.13. The maximum atomic E-state index is 6.06. The molecular weight excluding hydrogens is 212 g/mol. The van der Waals surface area contributed by atoms with E-state index >= 15 is 0 Å². The molecule has 1 aliphatic rings. The molecule has 1 aromatic rings. The van der Waals surface area contributed by atoms with Gasteiger partial charge in [0.15, 0.2) is 0 Å². The quantitative estimate of drug-likeness (QED) is 0.837. The van der Waals surface area contributed by atoms with E-state index in [-0.39, 0.29) is 0 Å². The van der Waals surface area contributed by atoms with Gasteiger partial charge in [-0.05, 0) is 12.1 Å². The Morgan fingerprint density at radius 3 is 2.93 bits per heavy atom. The third-order valence-corrected chi connectivity index (χ3v) is 2.81. The lowest BCUT2D eigenvalue weighted by atomic mass is 9.99. The normalized spacial score (nSPS) is 19.7. The summed E-state index contributed by atoms with van der Waals surface area (Å²) in [7, 11) is 1.62. The summed E-state index contributed by atoms with van der Waals surface area (Å²) in [6.07, 6.45) is 0. The molecule has 0 radical (unpaired) electrons. The Morgan fingerprint density at radius 1 is 1.53 bits per heavy atom. The zero-order valence-electron chi connectivity index (χ0n) is 8.75. The standard InChI is InChI=1S/C11H13ClN2O/c1-7-6-13-14-10(7)8-4-3-5-9(12)11(8)15-2/h3-5,7,13H,6H2,1-2H3. The van der Waals surface area contributed by atoms with Gasteiger partial charge >= 0.3 is 0 Å². The first-order valence-corrected chi connectivity index (χ1v) is 5.25. The van der Waals surface area contributed by atoms with E-state index in [9.17, 15) is 0 Å². The van der Waals surface area contributed by atoms with Crippen LogP contribution in [0.5, 0.6) is 5.75 Å². The fourth-order valence-corrected chi connectivity index (χ4v) is 1.97. The van der Waals surface area contributed by atoms with Gasteiger partial charge in [-0.15, -0.1) is 0 Å². The Labute approximate surface area is 94.1 Å². The highest BCUT2D eigenvalue weighted by molar-refractivity contribution is 6.32. The summed E-state index contributed by atoms with van der Waals surface area (Å²) in [6, 6.07) is 5.71. The monoisotopic (exact) mass is 224 g/mol. The maximum absolute atomic E-state index is 6.06. The largest absolute Gasteiger partial charge is 0.494 e. The molecule has 3 nitrogen and oxygen atoms in total. The number of benzene rings is 1. The number of hydrazone groups is 1. The number of para-hydroxylation sites is 1. The van der Waals surface area contributed by atoms with Gasteiger partial charge in [-0.25, -0.2) is 0 Å². The Morgan fingerprint density at radius 2 is 2.33 bits per heavy atom. The van der Waals surface area contributed by atoms with Crippen LogP contribution >= 0.6 is 11.6 Å². The molecule has 0 amide bonds. The Kier molecular flexibility index (Phi) is 2.82. The zero-order chi connectivity index (χ0) is 10.8. The van der Waals surface area contributed by atoms with E-state index in [1.54, 1.807) is 7.11 Å². The van der Waals surface area contributed by atoms with Crippen LogP contribution < -0.4 is 10.2 Å². The number of halogens is 1. The molecule has 0 saturated carbocycles. The Hall–Kier alpha value is -1.22. The van der Waals surface area contributed by atoms with Gasteiger partial charge in [0.1, 0.15) is 5.75 Å². The van der Waals surface area contributed by atoms with E-state index in [0.29, 0.717) is 16.7 Å². The highest BCUT2D eigenvalue weighted by atomic mass is 35.5. The predicted octanol–water partition coefficient (Wildman–Crippen LogP) is 2.29. The molecule has 0 saturated heterocycles. The summed E-state index contributed by atoms with van der Waals surface area (Å²) < 4.78 is 5.30. The van der Waals surface area contributed by atoms with Gasteiger partial charge in [-0.2, -0.15) is 5.10 Å². The van der Waals surface area contributed by atoms with Crippen LogP contribution in [0.2, 0.25) is 5.02 Å². The molecule has 0 aliphatic carbocycles. The number of rotatable bonds is 2. The molecule has 80 valence electrons. The van der Waals surface area contributed by atoms with E-state index in [4.69, 9.17) is 16.3 Å². The summed E-state index contributed by atoms with van der Waals surface area (Å²) >= 11 is 6.06. The first-order chi connectivity index (χ1) is 7.24. The van der Waals surface area contributed by atoms with Crippen molar-refractivity contribution in [3.63, 3.8) is 0 Å². The Balaban J connectivity index is 2.48. The van der Waals surface area contributed by atoms with Crippen LogP contribution in [0.1, 0.15) is 12.5 Å². The molecule has 1 atom stereocenters. The summed E-state index contributed by atoms with van der Waals surface area (Å²) in [5.74, 6) is 1.09. The van der Waals surface area contributed by atoms with Gasteiger partial charge in [0.2, 0.25) is 0 Å². The van der Waals surface area contributed by atoms with E-state index in [1.165, 1.54) is 0 Å². The van der Waals surface area contributed by atoms with Crippen LogP contribution in [0.3, 0.4) is 0 Å². The number of hydrogen-bond donors (Lipinski definition) is 1. The highest BCUT2D eigenvalue weighted by Crippen LogP contribution is 2.30. The third-order valence-electron chi connectivity index (χ3n) is 2.51. The summed E-state index contributed by atoms with van der Waals surface area (Å²) in [5, 5.41) is 4.89.